The molecule has 6 nitrogen and oxygen atoms in total. The number of Topliss-reactive ketones (excluding diaryl/α,β-unsaturated/α-hetero) is 1. The van der Waals surface area contributed by atoms with Crippen LogP contribution in [0.5, 0.6) is 0 Å². The number of amides is 2. The molecule has 0 radical (unpaired) electrons. The minimum absolute atomic E-state index is 0.00291. The molecule has 248 valence electrons. The summed E-state index contributed by atoms with van der Waals surface area (Å²) in [7, 11) is 0. The lowest BCUT2D eigenvalue weighted by Gasteiger charge is -2.71. The third-order valence-electron chi connectivity index (χ3n) is 13.3. The number of aliphatic hydroxyl groups excluding tert-OH is 1. The molecular weight excluding hydrogens is 613 g/mol. The van der Waals surface area contributed by atoms with Crippen LogP contribution in [0.4, 0.5) is 4.79 Å². The van der Waals surface area contributed by atoms with Crippen molar-refractivity contribution >= 4 is 34.5 Å². The predicted molar refractivity (Wildman–Crippen MR) is 185 cm³/mol. The molecule has 46 heavy (non-hydrogen) atoms. The fourth-order valence-corrected chi connectivity index (χ4v) is 12.4. The summed E-state index contributed by atoms with van der Waals surface area (Å²) in [6, 6.07) is 8.02. The number of rotatable bonds is 8. The van der Waals surface area contributed by atoms with Crippen molar-refractivity contribution in [1.29, 1.82) is 0 Å². The van der Waals surface area contributed by atoms with Gasteiger partial charge in [0.2, 0.25) is 0 Å². The Bertz CT molecular complexity index is 1580. The summed E-state index contributed by atoms with van der Waals surface area (Å²) in [6.45, 7) is 11.5. The maximum absolute atomic E-state index is 14.7. The van der Waals surface area contributed by atoms with Crippen molar-refractivity contribution < 1.29 is 19.8 Å². The molecule has 0 aromatic carbocycles. The van der Waals surface area contributed by atoms with Crippen molar-refractivity contribution in [2.24, 2.45) is 33.5 Å². The highest BCUT2D eigenvalue weighted by Gasteiger charge is 2.74. The molecule has 2 spiro atoms. The number of carbonyl (C=O) groups is 2. The molecule has 2 bridgehead atoms. The first-order chi connectivity index (χ1) is 21.8. The molecule has 2 aromatic heterocycles. The Kier molecular flexibility index (Phi) is 7.82. The van der Waals surface area contributed by atoms with Crippen LogP contribution in [0.1, 0.15) is 92.1 Å². The van der Waals surface area contributed by atoms with Crippen molar-refractivity contribution in [1.82, 2.24) is 10.2 Å². The van der Waals surface area contributed by atoms with Gasteiger partial charge in [0.1, 0.15) is 0 Å². The second kappa shape index (κ2) is 11.1. The van der Waals surface area contributed by atoms with Crippen molar-refractivity contribution in [3.8, 4) is 0 Å². The van der Waals surface area contributed by atoms with E-state index >= 15 is 0 Å². The molecule has 2 heterocycles. The first-order valence-corrected chi connectivity index (χ1v) is 19.0. The average Bonchev–Trinajstić information content (AvgIpc) is 3.74. The first-order valence-electron chi connectivity index (χ1n) is 17.3. The van der Waals surface area contributed by atoms with Gasteiger partial charge in [0, 0.05) is 44.2 Å². The summed E-state index contributed by atoms with van der Waals surface area (Å²) in [6.07, 6.45) is 12.9. The standard InChI is InChI=1S/C38H50N2O4S2/c1-24(2)39-33(43)40(19-13-27-7-6-20-45-27)23-37(44)16-12-31-35(37,5)15-11-30-34(4)14-10-26(41)21-36(34)17-18-38(30,31)28(22-36)32(42)29-9-8-25(3)46-29/h6-9,17-18,20,22,24,26,30-31,41,44H,10-16,19,21,23H2,1-5H3,(H,39,43). The second-order valence-electron chi connectivity index (χ2n) is 15.9. The van der Waals surface area contributed by atoms with Gasteiger partial charge in [0.15, 0.2) is 5.78 Å². The van der Waals surface area contributed by atoms with Crippen molar-refractivity contribution in [3.05, 3.63) is 68.1 Å². The van der Waals surface area contributed by atoms with E-state index < -0.39 is 16.4 Å². The number of ketones is 1. The van der Waals surface area contributed by atoms with Crippen molar-refractivity contribution in [2.45, 2.75) is 104 Å². The van der Waals surface area contributed by atoms with Crippen molar-refractivity contribution in [2.75, 3.05) is 13.1 Å². The van der Waals surface area contributed by atoms with E-state index in [9.17, 15) is 19.8 Å². The number of allylic oxidation sites excluding steroid dienone is 4. The highest BCUT2D eigenvalue weighted by Crippen LogP contribution is 2.78. The SMILES string of the molecule is Cc1ccc(C(=O)C2=CC34C=CC25C(CCC2(C)C5CCC2(O)CN(CCc2cccs2)C(=O)NC(C)C)C3(C)CCC(O)C4)s1. The lowest BCUT2D eigenvalue weighted by atomic mass is 9.32. The number of hydrogen-bond acceptors (Lipinski definition) is 6. The monoisotopic (exact) mass is 662 g/mol. The molecule has 8 heteroatoms. The fraction of sp³-hybridized carbons (Fsp3) is 0.632. The maximum atomic E-state index is 14.7. The lowest BCUT2D eigenvalue weighted by Crippen LogP contribution is -2.67. The summed E-state index contributed by atoms with van der Waals surface area (Å²) >= 11 is 3.26. The van der Waals surface area contributed by atoms with E-state index in [4.69, 9.17) is 0 Å². The zero-order chi connectivity index (χ0) is 32.7. The quantitative estimate of drug-likeness (QED) is 0.201. The Hall–Kier alpha value is -2.26. The number of hydrogen-bond donors (Lipinski definition) is 3. The van der Waals surface area contributed by atoms with E-state index in [1.165, 1.54) is 4.88 Å². The third kappa shape index (κ3) is 4.60. The third-order valence-corrected chi connectivity index (χ3v) is 15.2. The van der Waals surface area contributed by atoms with Crippen LogP contribution >= 0.6 is 22.7 Å². The molecule has 3 N–H and O–H groups in total. The molecule has 8 rings (SSSR count). The number of aliphatic hydroxyl groups is 2. The normalized spacial score (nSPS) is 39.0. The highest BCUT2D eigenvalue weighted by molar-refractivity contribution is 7.14. The van der Waals surface area contributed by atoms with Gasteiger partial charge in [-0.15, -0.1) is 22.7 Å². The number of urea groups is 1. The zero-order valence-electron chi connectivity index (χ0n) is 28.0. The van der Waals surface area contributed by atoms with Crippen LogP contribution in [-0.2, 0) is 6.42 Å². The van der Waals surface area contributed by atoms with Gasteiger partial charge in [0.25, 0.3) is 0 Å². The molecule has 8 unspecified atom stereocenters. The van der Waals surface area contributed by atoms with Crippen LogP contribution in [0.25, 0.3) is 0 Å². The summed E-state index contributed by atoms with van der Waals surface area (Å²) < 4.78 is 0. The summed E-state index contributed by atoms with van der Waals surface area (Å²) in [5.41, 5.74) is -1.58. The Morgan fingerprint density at radius 1 is 1.04 bits per heavy atom. The number of carbonyl (C=O) groups excluding carboxylic acids is 2. The maximum Gasteiger partial charge on any atom is 0.317 e. The molecule has 0 saturated heterocycles. The average molecular weight is 663 g/mol. The fourth-order valence-electron chi connectivity index (χ4n) is 10.9. The number of nitrogens with zero attached hydrogens (tertiary/aromatic N) is 1. The first kappa shape index (κ1) is 32.3. The number of thiophene rings is 2. The van der Waals surface area contributed by atoms with E-state index in [1.54, 1.807) is 22.7 Å². The van der Waals surface area contributed by atoms with Gasteiger partial charge >= 0.3 is 6.03 Å². The van der Waals surface area contributed by atoms with Gasteiger partial charge in [-0.1, -0.05) is 38.1 Å². The van der Waals surface area contributed by atoms with Crippen LogP contribution < -0.4 is 5.32 Å². The largest absolute Gasteiger partial charge is 0.393 e. The molecule has 6 aliphatic carbocycles. The molecule has 0 aliphatic heterocycles. The molecule has 8 atom stereocenters. The smallest absolute Gasteiger partial charge is 0.317 e. The number of fused-ring (bicyclic) bond motifs is 1. The van der Waals surface area contributed by atoms with E-state index in [0.717, 1.165) is 53.9 Å². The topological polar surface area (TPSA) is 89.9 Å². The van der Waals surface area contributed by atoms with Gasteiger partial charge in [-0.3, -0.25) is 4.79 Å². The lowest BCUT2D eigenvalue weighted by molar-refractivity contribution is -0.174. The summed E-state index contributed by atoms with van der Waals surface area (Å²) in [4.78, 5) is 33.2. The van der Waals surface area contributed by atoms with E-state index in [-0.39, 0.29) is 53.2 Å². The van der Waals surface area contributed by atoms with Crippen LogP contribution in [0, 0.1) is 40.4 Å². The van der Waals surface area contributed by atoms with E-state index in [2.05, 4.69) is 48.8 Å². The summed E-state index contributed by atoms with van der Waals surface area (Å²) in [5, 5.41) is 29.0. The zero-order valence-corrected chi connectivity index (χ0v) is 29.6. The van der Waals surface area contributed by atoms with Crippen LogP contribution in [0.2, 0.25) is 0 Å². The van der Waals surface area contributed by atoms with Crippen LogP contribution in [0.3, 0.4) is 0 Å². The van der Waals surface area contributed by atoms with E-state index in [0.29, 0.717) is 19.4 Å². The Labute approximate surface area is 282 Å². The van der Waals surface area contributed by atoms with Crippen LogP contribution in [0.15, 0.2) is 53.4 Å². The summed E-state index contributed by atoms with van der Waals surface area (Å²) in [5.74, 6) is 0.426. The second-order valence-corrected chi connectivity index (χ2v) is 18.2. The van der Waals surface area contributed by atoms with Crippen LogP contribution in [-0.4, -0.2) is 57.8 Å². The van der Waals surface area contributed by atoms with Gasteiger partial charge in [0.05, 0.1) is 23.1 Å². The van der Waals surface area contributed by atoms with E-state index in [1.807, 2.05) is 43.9 Å². The predicted octanol–water partition coefficient (Wildman–Crippen LogP) is 7.55. The van der Waals surface area contributed by atoms with Gasteiger partial charge in [-0.05, 0) is 113 Å². The molecule has 6 aliphatic rings. The Morgan fingerprint density at radius 2 is 1.78 bits per heavy atom. The molecule has 3 fully saturated rings. The minimum atomic E-state index is -1.08. The van der Waals surface area contributed by atoms with Gasteiger partial charge in [-0.2, -0.15) is 0 Å². The number of aryl methyl sites for hydroxylation is 1. The minimum Gasteiger partial charge on any atom is -0.393 e. The Balaban J connectivity index is 1.28. The van der Waals surface area contributed by atoms with Gasteiger partial charge < -0.3 is 20.4 Å². The van der Waals surface area contributed by atoms with Gasteiger partial charge in [-0.25, -0.2) is 4.79 Å². The van der Waals surface area contributed by atoms with Crippen molar-refractivity contribution in [3.63, 3.8) is 0 Å². The number of nitrogens with one attached hydrogen (secondary N) is 1. The Morgan fingerprint density at radius 3 is 2.48 bits per heavy atom. The molecule has 2 amide bonds. The molecule has 2 aromatic rings. The molecular formula is C38H50N2O4S2. The highest BCUT2D eigenvalue weighted by atomic mass is 32.1. The molecule has 3 saturated carbocycles.